The highest BCUT2D eigenvalue weighted by molar-refractivity contribution is 6.06. The van der Waals surface area contributed by atoms with Gasteiger partial charge in [-0.3, -0.25) is 0 Å². The van der Waals surface area contributed by atoms with Crippen molar-refractivity contribution in [3.05, 3.63) is 42.5 Å². The Hall–Kier alpha value is -2.29. The van der Waals surface area contributed by atoms with Gasteiger partial charge in [-0.05, 0) is 47.9 Å². The SMILES string of the molecule is CCCCCCCCCCCOc1ccc2c(ccc3nc(OCCCCCCCC)ccc32)c1. The molecule has 0 atom stereocenters. The van der Waals surface area contributed by atoms with Gasteiger partial charge in [0.15, 0.2) is 0 Å². The van der Waals surface area contributed by atoms with E-state index in [2.05, 4.69) is 50.2 Å². The fourth-order valence-corrected chi connectivity index (χ4v) is 4.74. The molecular formula is C32H47NO2. The van der Waals surface area contributed by atoms with E-state index in [0.717, 1.165) is 43.2 Å². The third kappa shape index (κ3) is 9.70. The lowest BCUT2D eigenvalue weighted by Crippen LogP contribution is -1.99. The van der Waals surface area contributed by atoms with Crippen molar-refractivity contribution in [2.45, 2.75) is 110 Å². The van der Waals surface area contributed by atoms with Crippen LogP contribution in [0.25, 0.3) is 21.7 Å². The van der Waals surface area contributed by atoms with Crippen LogP contribution in [0.15, 0.2) is 42.5 Å². The van der Waals surface area contributed by atoms with E-state index in [9.17, 15) is 0 Å². The van der Waals surface area contributed by atoms with Gasteiger partial charge < -0.3 is 9.47 Å². The zero-order chi connectivity index (χ0) is 24.6. The Bertz CT molecular complexity index is 984. The number of benzene rings is 2. The van der Waals surface area contributed by atoms with Crippen LogP contribution in [0.5, 0.6) is 11.6 Å². The first-order valence-corrected chi connectivity index (χ1v) is 14.4. The number of nitrogens with zero attached hydrogens (tertiary/aromatic N) is 1. The minimum Gasteiger partial charge on any atom is -0.494 e. The van der Waals surface area contributed by atoms with Gasteiger partial charge in [-0.1, -0.05) is 109 Å². The first-order chi connectivity index (χ1) is 17.3. The zero-order valence-electron chi connectivity index (χ0n) is 22.3. The summed E-state index contributed by atoms with van der Waals surface area (Å²) in [6.45, 7) is 6.08. The van der Waals surface area contributed by atoms with Crippen molar-refractivity contribution in [1.29, 1.82) is 0 Å². The highest BCUT2D eigenvalue weighted by atomic mass is 16.5. The largest absolute Gasteiger partial charge is 0.494 e. The minimum atomic E-state index is 0.728. The van der Waals surface area contributed by atoms with Crippen LogP contribution < -0.4 is 9.47 Å². The summed E-state index contributed by atoms with van der Waals surface area (Å²) in [6.07, 6.45) is 19.6. The van der Waals surface area contributed by atoms with Gasteiger partial charge in [0.2, 0.25) is 5.88 Å². The molecule has 0 saturated heterocycles. The summed E-state index contributed by atoms with van der Waals surface area (Å²) in [5.41, 5.74) is 0.987. The van der Waals surface area contributed by atoms with Crippen LogP contribution in [0.1, 0.15) is 110 Å². The van der Waals surface area contributed by atoms with Crippen LogP contribution in [0.3, 0.4) is 0 Å². The number of fused-ring (bicyclic) bond motifs is 3. The van der Waals surface area contributed by atoms with E-state index in [1.807, 2.05) is 6.07 Å². The quantitative estimate of drug-likeness (QED) is 0.127. The van der Waals surface area contributed by atoms with Gasteiger partial charge >= 0.3 is 0 Å². The monoisotopic (exact) mass is 477 g/mol. The van der Waals surface area contributed by atoms with Gasteiger partial charge in [0.05, 0.1) is 18.7 Å². The van der Waals surface area contributed by atoms with Crippen LogP contribution in [-0.4, -0.2) is 18.2 Å². The fraction of sp³-hybridized carbons (Fsp3) is 0.594. The molecule has 0 bridgehead atoms. The molecule has 1 heterocycles. The molecule has 0 spiro atoms. The summed E-state index contributed by atoms with van der Waals surface area (Å²) >= 11 is 0. The molecule has 3 nitrogen and oxygen atoms in total. The summed E-state index contributed by atoms with van der Waals surface area (Å²) in [4.78, 5) is 4.75. The summed E-state index contributed by atoms with van der Waals surface area (Å²) in [7, 11) is 0. The third-order valence-electron chi connectivity index (χ3n) is 6.90. The third-order valence-corrected chi connectivity index (χ3v) is 6.90. The van der Waals surface area contributed by atoms with E-state index in [4.69, 9.17) is 14.5 Å². The van der Waals surface area contributed by atoms with Crippen LogP contribution >= 0.6 is 0 Å². The van der Waals surface area contributed by atoms with Crippen LogP contribution in [-0.2, 0) is 0 Å². The Morgan fingerprint density at radius 2 is 1.11 bits per heavy atom. The molecule has 0 N–H and O–H groups in total. The predicted octanol–water partition coefficient (Wildman–Crippen LogP) is 10.0. The smallest absolute Gasteiger partial charge is 0.213 e. The maximum atomic E-state index is 6.06. The van der Waals surface area contributed by atoms with Gasteiger partial charge in [0.1, 0.15) is 5.75 Å². The Balaban J connectivity index is 1.42. The van der Waals surface area contributed by atoms with E-state index in [1.165, 1.54) is 99.6 Å². The van der Waals surface area contributed by atoms with E-state index in [-0.39, 0.29) is 0 Å². The number of hydrogen-bond acceptors (Lipinski definition) is 3. The second-order valence-electron chi connectivity index (χ2n) is 9.96. The summed E-state index contributed by atoms with van der Waals surface area (Å²) in [5.74, 6) is 1.69. The molecule has 35 heavy (non-hydrogen) atoms. The zero-order valence-corrected chi connectivity index (χ0v) is 22.3. The Morgan fingerprint density at radius 1 is 0.543 bits per heavy atom. The van der Waals surface area contributed by atoms with Gasteiger partial charge in [-0.2, -0.15) is 0 Å². The second kappa shape index (κ2) is 16.4. The molecule has 192 valence electrons. The first-order valence-electron chi connectivity index (χ1n) is 14.4. The van der Waals surface area contributed by atoms with E-state index < -0.39 is 0 Å². The van der Waals surface area contributed by atoms with Gasteiger partial charge in [-0.25, -0.2) is 4.98 Å². The van der Waals surface area contributed by atoms with Crippen molar-refractivity contribution in [2.24, 2.45) is 0 Å². The van der Waals surface area contributed by atoms with Crippen molar-refractivity contribution in [3.8, 4) is 11.6 Å². The van der Waals surface area contributed by atoms with E-state index >= 15 is 0 Å². The number of aromatic nitrogens is 1. The van der Waals surface area contributed by atoms with E-state index in [1.54, 1.807) is 0 Å². The first kappa shape index (κ1) is 27.3. The van der Waals surface area contributed by atoms with Crippen molar-refractivity contribution in [1.82, 2.24) is 4.98 Å². The standard InChI is InChI=1S/C32H47NO2/c1-3-5-7-9-11-12-13-15-16-24-34-28-19-20-29-27(26-28)18-22-31-30(29)21-23-32(33-31)35-25-17-14-10-8-6-4-2/h18-23,26H,3-17,24-25H2,1-2H3. The number of rotatable bonds is 19. The highest BCUT2D eigenvalue weighted by Gasteiger charge is 2.06. The molecule has 0 unspecified atom stereocenters. The molecule has 1 aromatic heterocycles. The summed E-state index contributed by atoms with van der Waals surface area (Å²) in [6, 6.07) is 14.8. The number of unbranched alkanes of at least 4 members (excludes halogenated alkanes) is 13. The summed E-state index contributed by atoms with van der Waals surface area (Å²) < 4.78 is 12.0. The van der Waals surface area contributed by atoms with Crippen LogP contribution in [0.4, 0.5) is 0 Å². The van der Waals surface area contributed by atoms with Gasteiger partial charge in [0, 0.05) is 11.5 Å². The molecule has 2 aromatic carbocycles. The van der Waals surface area contributed by atoms with E-state index in [0.29, 0.717) is 0 Å². The van der Waals surface area contributed by atoms with Crippen LogP contribution in [0.2, 0.25) is 0 Å². The normalized spacial score (nSPS) is 11.4. The molecule has 0 aliphatic rings. The summed E-state index contributed by atoms with van der Waals surface area (Å²) in [5, 5.41) is 3.58. The van der Waals surface area contributed by atoms with Crippen molar-refractivity contribution >= 4 is 21.7 Å². The molecule has 3 heteroatoms. The molecule has 0 radical (unpaired) electrons. The number of hydrogen-bond donors (Lipinski definition) is 0. The lowest BCUT2D eigenvalue weighted by Gasteiger charge is -2.10. The maximum Gasteiger partial charge on any atom is 0.213 e. The Kier molecular flexibility index (Phi) is 12.8. The van der Waals surface area contributed by atoms with Crippen molar-refractivity contribution < 1.29 is 9.47 Å². The average molecular weight is 478 g/mol. The molecule has 3 rings (SSSR count). The maximum absolute atomic E-state index is 6.06. The Morgan fingerprint density at radius 3 is 1.77 bits per heavy atom. The average Bonchev–Trinajstić information content (AvgIpc) is 2.89. The second-order valence-corrected chi connectivity index (χ2v) is 9.96. The molecule has 0 saturated carbocycles. The minimum absolute atomic E-state index is 0.728. The molecule has 3 aromatic rings. The topological polar surface area (TPSA) is 31.4 Å². The molecular weight excluding hydrogens is 430 g/mol. The molecule has 0 amide bonds. The van der Waals surface area contributed by atoms with Crippen LogP contribution in [0, 0.1) is 0 Å². The van der Waals surface area contributed by atoms with Gasteiger partial charge in [-0.15, -0.1) is 0 Å². The lowest BCUT2D eigenvalue weighted by molar-refractivity contribution is 0.294. The molecule has 0 aliphatic carbocycles. The lowest BCUT2D eigenvalue weighted by atomic mass is 10.0. The molecule has 0 fully saturated rings. The fourth-order valence-electron chi connectivity index (χ4n) is 4.74. The van der Waals surface area contributed by atoms with Crippen molar-refractivity contribution in [3.63, 3.8) is 0 Å². The predicted molar refractivity (Wildman–Crippen MR) is 151 cm³/mol. The van der Waals surface area contributed by atoms with Gasteiger partial charge in [0.25, 0.3) is 0 Å². The van der Waals surface area contributed by atoms with Crippen molar-refractivity contribution in [2.75, 3.05) is 13.2 Å². The number of ether oxygens (including phenoxy) is 2. The molecule has 0 aliphatic heterocycles. The highest BCUT2D eigenvalue weighted by Crippen LogP contribution is 2.29. The number of pyridine rings is 1. The Labute approximate surface area is 213 Å².